The Morgan fingerprint density at radius 3 is 0.921 bits per heavy atom. The Hall–Kier alpha value is -13.7. The van der Waals surface area contributed by atoms with Crippen molar-refractivity contribution < 1.29 is 0 Å². The molecule has 10 nitrogen and oxygen atoms in total. The Kier molecular flexibility index (Phi) is 34.7. The summed E-state index contributed by atoms with van der Waals surface area (Å²) in [6.45, 7) is 66.3. The maximum absolute atomic E-state index is 4.65. The minimum atomic E-state index is 0.101. The lowest BCUT2D eigenvalue weighted by Gasteiger charge is -2.19. The van der Waals surface area contributed by atoms with Gasteiger partial charge in [-0.2, -0.15) is 0 Å². The minimum Gasteiger partial charge on any atom is -0.264 e. The van der Waals surface area contributed by atoms with E-state index in [9.17, 15) is 0 Å². The molecule has 0 amide bonds. The molecule has 0 unspecified atom stereocenters. The van der Waals surface area contributed by atoms with E-state index in [1.807, 2.05) is 122 Å². The van der Waals surface area contributed by atoms with E-state index < -0.39 is 0 Å². The molecule has 10 aromatic heterocycles. The largest absolute Gasteiger partial charge is 0.264 e. The minimum absolute atomic E-state index is 0.101. The van der Waals surface area contributed by atoms with Crippen LogP contribution in [-0.2, 0) is 54.1 Å². The third-order valence-corrected chi connectivity index (χ3v) is 24.4. The molecule has 720 valence electrons. The van der Waals surface area contributed by atoms with E-state index in [4.69, 9.17) is 0 Å². The molecule has 0 atom stereocenters. The topological polar surface area (TPSA) is 129 Å². The van der Waals surface area contributed by atoms with Gasteiger partial charge in [0.2, 0.25) is 0 Å². The van der Waals surface area contributed by atoms with Crippen LogP contribution in [0.25, 0.3) is 109 Å². The van der Waals surface area contributed by atoms with Crippen LogP contribution in [-0.4, -0.2) is 49.8 Å². The number of nitrogens with zero attached hydrogens (tertiary/aromatic N) is 10. The van der Waals surface area contributed by atoms with Crippen molar-refractivity contribution in [2.45, 2.75) is 262 Å². The molecule has 0 radical (unpaired) electrons. The lowest BCUT2D eigenvalue weighted by atomic mass is 9.86. The first-order valence-corrected chi connectivity index (χ1v) is 49.3. The molecule has 140 heavy (non-hydrogen) atoms. The van der Waals surface area contributed by atoms with Gasteiger partial charge in [-0.15, -0.1) is 0 Å². The Morgan fingerprint density at radius 2 is 0.421 bits per heavy atom. The van der Waals surface area contributed by atoms with Gasteiger partial charge in [-0.1, -0.05) is 402 Å². The zero-order chi connectivity index (χ0) is 102. The Balaban J connectivity index is 0.000000149. The predicted molar refractivity (Wildman–Crippen MR) is 604 cm³/mol. The van der Waals surface area contributed by atoms with Gasteiger partial charge in [0.1, 0.15) is 0 Å². The van der Waals surface area contributed by atoms with Crippen molar-refractivity contribution in [3.05, 3.63) is 421 Å². The molecule has 0 aliphatic rings. The third-order valence-electron chi connectivity index (χ3n) is 24.4. The second kappa shape index (κ2) is 45.5. The average Bonchev–Trinajstić information content (AvgIpc) is 0.869. The van der Waals surface area contributed by atoms with E-state index in [1.54, 1.807) is 12.4 Å². The summed E-state index contributed by atoms with van der Waals surface area (Å²) in [5, 5.41) is 15.1. The monoisotopic (exact) mass is 1850 g/mol. The molecule has 10 heterocycles. The smallest absolute Gasteiger partial charge is 0.0890 e. The second-order valence-electron chi connectivity index (χ2n) is 46.6. The first-order chi connectivity index (χ1) is 65.7. The highest BCUT2D eigenvalue weighted by Crippen LogP contribution is 2.34. The molecule has 0 spiro atoms. The number of hydrogen-bond acceptors (Lipinski definition) is 10. The summed E-state index contributed by atoms with van der Waals surface area (Å²) < 4.78 is 0. The zero-order valence-electron chi connectivity index (χ0n) is 89.1. The molecule has 0 saturated heterocycles. The van der Waals surface area contributed by atoms with E-state index in [0.29, 0.717) is 0 Å². The van der Waals surface area contributed by atoms with E-state index >= 15 is 0 Å². The van der Waals surface area contributed by atoms with E-state index in [1.165, 1.54) is 104 Å². The summed E-state index contributed by atoms with van der Waals surface area (Å²) in [7, 11) is 0. The van der Waals surface area contributed by atoms with Crippen LogP contribution < -0.4 is 0 Å². The van der Waals surface area contributed by atoms with Crippen LogP contribution in [0.2, 0.25) is 0 Å². The summed E-state index contributed by atoms with van der Waals surface area (Å²) in [5.41, 5.74) is 22.7. The first kappa shape index (κ1) is 107. The molecule has 20 aromatic rings. The fourth-order valence-electron chi connectivity index (χ4n) is 15.1. The molecule has 0 aliphatic heterocycles. The lowest BCUT2D eigenvalue weighted by molar-refractivity contribution is 0.570. The van der Waals surface area contributed by atoms with Crippen LogP contribution in [0.5, 0.6) is 0 Å². The number of fused-ring (bicyclic) bond motifs is 10. The molecule has 10 aromatic carbocycles. The summed E-state index contributed by atoms with van der Waals surface area (Å²) in [6, 6.07) is 108. The first-order valence-electron chi connectivity index (χ1n) is 49.3. The molecule has 20 rings (SSSR count). The van der Waals surface area contributed by atoms with Gasteiger partial charge in [-0.3, -0.25) is 49.8 Å². The highest BCUT2D eigenvalue weighted by Gasteiger charge is 2.23. The number of aromatic nitrogens is 10. The van der Waals surface area contributed by atoms with Crippen LogP contribution in [0, 0.1) is 0 Å². The SMILES string of the molecule is CC(C)(C)c1cc2ccccc2cn1.CC(C)(C)c1ccc2ccccc2c1.CC(C)(C)c1ccc2ccccc2c1.CC(C)(C)c1ccc2ccccc2n1.CC(C)(C)c1ccc2cccnc2c1.CC(C)(C)c1ccc2ccncc2c1.CC(C)(C)c1ccc2ncccc2c1.CC(C)(C)c1ccc2ncccc2n1.CC(C)(C)c1cnc2ccccc2c1.CC(C)(C)c1cnc2cccnc2c1. The second-order valence-corrected chi connectivity index (χ2v) is 46.6. The highest BCUT2D eigenvalue weighted by atomic mass is 14.8. The zero-order valence-corrected chi connectivity index (χ0v) is 89.1. The number of rotatable bonds is 0. The van der Waals surface area contributed by atoms with Gasteiger partial charge in [0.15, 0.2) is 0 Å². The third kappa shape index (κ3) is 31.2. The quantitative estimate of drug-likeness (QED) is 0.145. The number of pyridine rings is 10. The van der Waals surface area contributed by atoms with Crippen LogP contribution in [0.3, 0.4) is 0 Å². The summed E-state index contributed by atoms with van der Waals surface area (Å²) in [5.74, 6) is 0. The fourth-order valence-corrected chi connectivity index (χ4v) is 15.1. The van der Waals surface area contributed by atoms with E-state index in [2.05, 4.69) is 488 Å². The summed E-state index contributed by atoms with van der Waals surface area (Å²) >= 11 is 0. The maximum atomic E-state index is 4.65. The predicted octanol–water partition coefficient (Wildman–Crippen LogP) is 35.3. The van der Waals surface area contributed by atoms with E-state index in [0.717, 1.165) is 61.2 Å². The van der Waals surface area contributed by atoms with Crippen LogP contribution in [0.15, 0.2) is 365 Å². The van der Waals surface area contributed by atoms with Crippen molar-refractivity contribution in [2.75, 3.05) is 0 Å². The molecular weight excluding hydrogens is 1700 g/mol. The van der Waals surface area contributed by atoms with Crippen molar-refractivity contribution in [3.8, 4) is 0 Å². The highest BCUT2D eigenvalue weighted by molar-refractivity contribution is 5.87. The molecular formula is C130H150N10. The Morgan fingerprint density at radius 1 is 0.136 bits per heavy atom. The van der Waals surface area contributed by atoms with Crippen molar-refractivity contribution in [2.24, 2.45) is 0 Å². The summed E-state index contributed by atoms with van der Waals surface area (Å²) in [4.78, 5) is 43.9. The van der Waals surface area contributed by atoms with Crippen LogP contribution in [0.4, 0.5) is 0 Å². The lowest BCUT2D eigenvalue weighted by Crippen LogP contribution is -2.13. The molecule has 0 N–H and O–H groups in total. The Bertz CT molecular complexity index is 6000. The maximum Gasteiger partial charge on any atom is 0.0890 e. The van der Waals surface area contributed by atoms with Crippen LogP contribution in [0.1, 0.15) is 264 Å². The van der Waals surface area contributed by atoms with Crippen LogP contribution >= 0.6 is 0 Å². The average molecular weight is 1850 g/mol. The summed E-state index contributed by atoms with van der Waals surface area (Å²) in [6.07, 6.45) is 16.9. The Labute approximate surface area is 836 Å². The molecule has 0 bridgehead atoms. The molecule has 0 aliphatic carbocycles. The fraction of sp³-hybridized carbons (Fsp3) is 0.308. The van der Waals surface area contributed by atoms with Gasteiger partial charge in [0.25, 0.3) is 0 Å². The van der Waals surface area contributed by atoms with Crippen molar-refractivity contribution in [1.29, 1.82) is 0 Å². The van der Waals surface area contributed by atoms with Gasteiger partial charge in [-0.05, 0) is 224 Å². The van der Waals surface area contributed by atoms with Gasteiger partial charge in [-0.25, -0.2) is 0 Å². The van der Waals surface area contributed by atoms with Gasteiger partial charge in [0, 0.05) is 121 Å². The van der Waals surface area contributed by atoms with Crippen molar-refractivity contribution in [1.82, 2.24) is 49.8 Å². The van der Waals surface area contributed by atoms with Gasteiger partial charge >= 0.3 is 0 Å². The van der Waals surface area contributed by atoms with E-state index in [-0.39, 0.29) is 54.1 Å². The van der Waals surface area contributed by atoms with Gasteiger partial charge in [0.05, 0.1) is 44.1 Å². The number of benzene rings is 10. The standard InChI is InChI=1S/2C14H16.6C13H15N.2C12H14N2/c2*1-14(2,3)13-9-8-11-6-4-5-7-12(11)10-13;1-13(2,3)12-5-4-10-6-7-14-9-11(10)8-12;1-13(2,3)11-6-7-12-10(9-11)5-4-8-14-12;1-13(2,3)11-7-6-10-5-4-8-14-12(10)9-11;1-13(2,3)11-8-10-6-4-5-7-12(10)14-9-11;1-13(2,3)12-8-10-6-4-5-7-11(10)9-14-12;1-13(2,3)12-9-8-10-6-4-5-7-11(10)14-12;1-12(2,3)11-7-6-9-10(14-11)5-4-8-13-9;1-12(2,3)9-7-11-10(14-8-9)5-4-6-13-11/h2*4-10H,1-3H3;6*4-9H,1-3H3;2*4-8H,1-3H3. The molecule has 10 heteroatoms. The van der Waals surface area contributed by atoms with Gasteiger partial charge < -0.3 is 0 Å². The molecule has 0 fully saturated rings. The van der Waals surface area contributed by atoms with Crippen molar-refractivity contribution in [3.63, 3.8) is 0 Å². The normalized spacial score (nSPS) is 11.9. The number of hydrogen-bond donors (Lipinski definition) is 0. The van der Waals surface area contributed by atoms with Crippen molar-refractivity contribution >= 4 is 109 Å². The number of para-hydroxylation sites is 2. The molecule has 0 saturated carbocycles.